The van der Waals surface area contributed by atoms with Crippen molar-refractivity contribution >= 4 is 112 Å². The quantitative estimate of drug-likeness (QED) is 0.0300. The summed E-state index contributed by atoms with van der Waals surface area (Å²) in [6.07, 6.45) is 7.41. The average molecular weight is 1280 g/mol. The molecule has 4 atom stereocenters. The minimum atomic E-state index is -0.564. The number of benzene rings is 5. The number of aromatic nitrogens is 4. The highest BCUT2D eigenvalue weighted by atomic mass is 35.5. The van der Waals surface area contributed by atoms with E-state index in [0.29, 0.717) is 48.7 Å². The minimum absolute atomic E-state index is 0.0652. The molecule has 10 rings (SSSR count). The third kappa shape index (κ3) is 16.7. The van der Waals surface area contributed by atoms with Crippen molar-refractivity contribution in [2.45, 2.75) is 72.6 Å². The lowest BCUT2D eigenvalue weighted by Gasteiger charge is -2.16. The van der Waals surface area contributed by atoms with Crippen molar-refractivity contribution in [3.05, 3.63) is 234 Å². The number of fused-ring (bicyclic) bond motifs is 5. The molecule has 28 nitrogen and oxygen atoms in total. The smallest absolute Gasteiger partial charge is 0.343 e. The Labute approximate surface area is 525 Å². The number of nitrogens with two attached hydrogens (primary N) is 2. The fourth-order valence-electron chi connectivity index (χ4n) is 9.25. The highest BCUT2D eigenvalue weighted by Gasteiger charge is 2.20. The number of pyridine rings is 4. The zero-order valence-electron chi connectivity index (χ0n) is 50.5. The van der Waals surface area contributed by atoms with Crippen molar-refractivity contribution < 1.29 is 52.9 Å². The Morgan fingerprint density at radius 3 is 1.17 bits per heavy atom. The van der Waals surface area contributed by atoms with Gasteiger partial charge < -0.3 is 53.5 Å². The van der Waals surface area contributed by atoms with Crippen LogP contribution in [0.4, 0.5) is 28.4 Å². The Balaban J connectivity index is 0.000000184. The van der Waals surface area contributed by atoms with E-state index in [0.717, 1.165) is 11.6 Å². The molecule has 92 heavy (non-hydrogen) atoms. The number of nitro benzene ring substituents is 3. The van der Waals surface area contributed by atoms with Crippen LogP contribution in [0.2, 0.25) is 5.02 Å². The third-order valence-electron chi connectivity index (χ3n) is 14.1. The van der Waals surface area contributed by atoms with Gasteiger partial charge in [-0.15, -0.1) is 0 Å². The molecular formula is C63H62ClN9O19. The van der Waals surface area contributed by atoms with Gasteiger partial charge in [-0.1, -0.05) is 35.9 Å². The van der Waals surface area contributed by atoms with E-state index in [9.17, 15) is 68.7 Å². The van der Waals surface area contributed by atoms with Gasteiger partial charge >= 0.3 is 23.5 Å². The zero-order valence-corrected chi connectivity index (χ0v) is 51.2. The molecule has 10 aromatic rings. The average Bonchev–Trinajstić information content (AvgIpc) is 0.838. The number of hydrogen-bond donors (Lipinski definition) is 3. The lowest BCUT2D eigenvalue weighted by atomic mass is 10.1. The lowest BCUT2D eigenvalue weighted by molar-refractivity contribution is -0.383. The molecular weight excluding hydrogens is 1220 g/mol. The number of aliphatic hydroxyl groups is 1. The molecule has 0 amide bonds. The molecule has 5 aromatic carbocycles. The summed E-state index contributed by atoms with van der Waals surface area (Å²) >= 11 is 5.94. The predicted octanol–water partition coefficient (Wildman–Crippen LogP) is 9.27. The highest BCUT2D eigenvalue weighted by molar-refractivity contribution is 6.34. The van der Waals surface area contributed by atoms with Crippen LogP contribution in [-0.2, 0) is 28.6 Å². The number of carbonyl (C=O) groups excluding carboxylic acids is 3. The summed E-state index contributed by atoms with van der Waals surface area (Å²) in [5.74, 6) is -1.15. The molecule has 5 aromatic heterocycles. The molecule has 0 bridgehead atoms. The Kier molecular flexibility index (Phi) is 23.6. The summed E-state index contributed by atoms with van der Waals surface area (Å²) in [7, 11) is 0. The molecule has 0 unspecified atom stereocenters. The standard InChI is InChI=1S/C14H15ClN2O3.C14H14N2O5.C14H16N2O3.C12H12N2O4.C9H5NO4/c1-8(7-20-9(2)18)17-6-5-10-11(14(17)19)3-4-12(15)13(10)16;1-9(8-21-10(2)17)15-7-6-11-12(14(15)18)4-3-5-13(11)16(19)20;1-9(8-19-10(2)17)16-7-6-11-12(14(16)18)4-3-5-13(11)15;1-8(7-15)13-6-5-9-10(12(13)16)3-2-4-11(9)14(17)18;11-9-7-2-1-3-8(10(12)13)6(7)4-5-14-9/h3-6,8H,7,16H2,1-2H3;3-7,9H,8H2,1-2H3;3-7,9H,8,15H2,1-2H3;2-6,8,15H,7H2,1H3;1-5H/t8-;2*9-;8-;/m1111./s1. The molecule has 0 saturated carbocycles. The van der Waals surface area contributed by atoms with Crippen LogP contribution in [0.25, 0.3) is 53.9 Å². The van der Waals surface area contributed by atoms with Crippen molar-refractivity contribution in [3.63, 3.8) is 0 Å². The lowest BCUT2D eigenvalue weighted by Crippen LogP contribution is -2.26. The van der Waals surface area contributed by atoms with Crippen LogP contribution in [-0.4, -0.2) is 82.5 Å². The Hall–Kier alpha value is -11.4. The van der Waals surface area contributed by atoms with Gasteiger partial charge in [0.1, 0.15) is 19.8 Å². The first-order valence-corrected chi connectivity index (χ1v) is 28.2. The van der Waals surface area contributed by atoms with E-state index in [1.165, 1.54) is 108 Å². The molecule has 0 aliphatic carbocycles. The van der Waals surface area contributed by atoms with E-state index >= 15 is 0 Å². The summed E-state index contributed by atoms with van der Waals surface area (Å²) in [6, 6.07) is 28.4. The Morgan fingerprint density at radius 1 is 0.467 bits per heavy atom. The SMILES string of the molecule is CC(=O)OC[C@@H](C)n1ccc2c(N)c(Cl)ccc2c1=O.CC(=O)OC[C@@H](C)n1ccc2c(N)cccc2c1=O.CC(=O)OC[C@@H](C)n1ccc2c([N+](=O)[O-])cccc2c1=O.C[C@H](CO)n1ccc2c([N+](=O)[O-])cccc2c1=O.O=c1occc2c([N+](=O)[O-])cccc12. The first-order valence-electron chi connectivity index (χ1n) is 27.8. The van der Waals surface area contributed by atoms with E-state index in [-0.39, 0.29) is 118 Å². The van der Waals surface area contributed by atoms with E-state index in [2.05, 4.69) is 4.42 Å². The number of carbonyl (C=O) groups is 3. The van der Waals surface area contributed by atoms with E-state index < -0.39 is 26.4 Å². The van der Waals surface area contributed by atoms with Crippen LogP contribution in [0.15, 0.2) is 175 Å². The van der Waals surface area contributed by atoms with Gasteiger partial charge in [-0.25, -0.2) is 4.79 Å². The van der Waals surface area contributed by atoms with Crippen molar-refractivity contribution in [2.24, 2.45) is 0 Å². The van der Waals surface area contributed by atoms with Gasteiger partial charge in [-0.2, -0.15) is 0 Å². The second-order valence-electron chi connectivity index (χ2n) is 20.5. The number of esters is 3. The number of non-ortho nitro benzene ring substituents is 3. The molecule has 29 heteroatoms. The fraction of sp³-hybridized carbons (Fsp3) is 0.238. The summed E-state index contributed by atoms with van der Waals surface area (Å²) in [5, 5.41) is 46.0. The minimum Gasteiger partial charge on any atom is -0.464 e. The largest absolute Gasteiger partial charge is 0.464 e. The summed E-state index contributed by atoms with van der Waals surface area (Å²) < 4.78 is 25.1. The maximum atomic E-state index is 12.4. The number of anilines is 2. The number of halogens is 1. The van der Waals surface area contributed by atoms with Gasteiger partial charge in [0, 0.05) is 91.0 Å². The van der Waals surface area contributed by atoms with Crippen molar-refractivity contribution in [2.75, 3.05) is 37.9 Å². The van der Waals surface area contributed by atoms with Crippen LogP contribution < -0.4 is 39.3 Å². The molecule has 0 saturated heterocycles. The first kappa shape index (κ1) is 69.7. The Bertz CT molecular complexity index is 4770. The van der Waals surface area contributed by atoms with Crippen LogP contribution >= 0.6 is 11.6 Å². The molecule has 0 spiro atoms. The topological polar surface area (TPSA) is 399 Å². The molecule has 0 radical (unpaired) electrons. The number of nitrogens with zero attached hydrogens (tertiary/aromatic N) is 7. The van der Waals surface area contributed by atoms with Gasteiger partial charge in [-0.05, 0) is 100 Å². The summed E-state index contributed by atoms with van der Waals surface area (Å²) in [6.45, 7) is 11.2. The Morgan fingerprint density at radius 2 is 0.793 bits per heavy atom. The zero-order chi connectivity index (χ0) is 67.8. The van der Waals surface area contributed by atoms with Gasteiger partial charge in [0.05, 0.1) is 94.8 Å². The molecule has 0 aliphatic heterocycles. The molecule has 0 fully saturated rings. The first-order chi connectivity index (χ1) is 43.6. The third-order valence-corrected chi connectivity index (χ3v) is 14.4. The summed E-state index contributed by atoms with van der Waals surface area (Å²) in [5.41, 5.74) is 10.8. The second-order valence-corrected chi connectivity index (χ2v) is 20.9. The molecule has 480 valence electrons. The molecule has 0 aliphatic rings. The molecule has 5 heterocycles. The van der Waals surface area contributed by atoms with E-state index in [4.69, 9.17) is 42.4 Å². The van der Waals surface area contributed by atoms with Crippen molar-refractivity contribution in [1.82, 2.24) is 18.3 Å². The number of aliphatic hydroxyl groups excluding tert-OH is 1. The van der Waals surface area contributed by atoms with Crippen LogP contribution in [0.1, 0.15) is 72.6 Å². The maximum absolute atomic E-state index is 12.4. The maximum Gasteiger partial charge on any atom is 0.343 e. The van der Waals surface area contributed by atoms with Gasteiger partial charge in [-0.3, -0.25) is 63.9 Å². The number of rotatable bonds is 14. The summed E-state index contributed by atoms with van der Waals surface area (Å²) in [4.78, 5) is 124. The predicted molar refractivity (Wildman–Crippen MR) is 345 cm³/mol. The number of hydrogen-bond acceptors (Lipinski definition) is 21. The van der Waals surface area contributed by atoms with Crippen LogP contribution in [0.5, 0.6) is 0 Å². The van der Waals surface area contributed by atoms with Crippen molar-refractivity contribution in [1.29, 1.82) is 0 Å². The fourth-order valence-corrected chi connectivity index (χ4v) is 9.41. The number of nitro groups is 3. The monoisotopic (exact) mass is 1280 g/mol. The number of nitrogen functional groups attached to an aromatic ring is 2. The normalized spacial score (nSPS) is 12.0. The van der Waals surface area contributed by atoms with Gasteiger partial charge in [0.2, 0.25) is 0 Å². The van der Waals surface area contributed by atoms with E-state index in [1.54, 1.807) is 92.3 Å². The second kappa shape index (κ2) is 31.2. The van der Waals surface area contributed by atoms with Crippen molar-refractivity contribution in [3.8, 4) is 0 Å². The number of ether oxygens (including phenoxy) is 3. The van der Waals surface area contributed by atoms with Crippen LogP contribution in [0, 0.1) is 30.3 Å². The van der Waals surface area contributed by atoms with Crippen LogP contribution in [0.3, 0.4) is 0 Å². The highest BCUT2D eigenvalue weighted by Crippen LogP contribution is 2.28. The van der Waals surface area contributed by atoms with Gasteiger partial charge in [0.15, 0.2) is 0 Å². The molecule has 5 N–H and O–H groups in total. The van der Waals surface area contributed by atoms with Gasteiger partial charge in [0.25, 0.3) is 39.3 Å². The van der Waals surface area contributed by atoms with E-state index in [1.807, 2.05) is 6.92 Å².